The van der Waals surface area contributed by atoms with E-state index >= 15 is 0 Å². The molecule has 0 fully saturated rings. The van der Waals surface area contributed by atoms with Gasteiger partial charge in [0.05, 0.1) is 17.0 Å². The highest BCUT2D eigenvalue weighted by molar-refractivity contribution is 6.33. The van der Waals surface area contributed by atoms with Crippen LogP contribution in [0.25, 0.3) is 11.3 Å². The van der Waals surface area contributed by atoms with Crippen molar-refractivity contribution < 1.29 is 14.0 Å². The van der Waals surface area contributed by atoms with Crippen LogP contribution in [0.15, 0.2) is 42.6 Å². The molecule has 1 aliphatic heterocycles. The fraction of sp³-hybridized carbons (Fsp3) is 0.0667. The number of nitrogens with zero attached hydrogens (tertiary/aromatic N) is 1. The summed E-state index contributed by atoms with van der Waals surface area (Å²) in [6.45, 7) is 1.84. The quantitative estimate of drug-likeness (QED) is 0.848. The molecule has 0 spiro atoms. The Balaban J connectivity index is 2.20. The molecule has 1 aromatic carbocycles. The van der Waals surface area contributed by atoms with Gasteiger partial charge in [-0.15, -0.1) is 0 Å². The largest absolute Gasteiger partial charge is 0.313 e. The van der Waals surface area contributed by atoms with E-state index in [2.05, 4.69) is 5.32 Å². The molecule has 0 bridgehead atoms. The van der Waals surface area contributed by atoms with Crippen molar-refractivity contribution in [1.82, 2.24) is 9.88 Å². The molecule has 2 heterocycles. The number of para-hydroxylation sites is 1. The van der Waals surface area contributed by atoms with E-state index in [4.69, 9.17) is 0 Å². The Morgan fingerprint density at radius 1 is 1.20 bits per heavy atom. The van der Waals surface area contributed by atoms with Crippen molar-refractivity contribution in [3.8, 4) is 5.69 Å². The predicted octanol–water partition coefficient (Wildman–Crippen LogP) is 1.96. The van der Waals surface area contributed by atoms with E-state index in [1.165, 1.54) is 12.1 Å². The van der Waals surface area contributed by atoms with Gasteiger partial charge in [-0.2, -0.15) is 0 Å². The minimum absolute atomic E-state index is 0.242. The van der Waals surface area contributed by atoms with Crippen molar-refractivity contribution >= 4 is 17.4 Å². The van der Waals surface area contributed by atoms with Crippen LogP contribution in [0.1, 0.15) is 11.3 Å². The van der Waals surface area contributed by atoms with Gasteiger partial charge in [0.25, 0.3) is 11.8 Å². The third kappa shape index (κ3) is 1.93. The Bertz CT molecular complexity index is 759. The summed E-state index contributed by atoms with van der Waals surface area (Å²) >= 11 is 0. The molecule has 1 aliphatic rings. The van der Waals surface area contributed by atoms with Crippen molar-refractivity contribution in [3.05, 3.63) is 59.7 Å². The van der Waals surface area contributed by atoms with Gasteiger partial charge >= 0.3 is 0 Å². The van der Waals surface area contributed by atoms with Gasteiger partial charge in [-0.1, -0.05) is 12.1 Å². The fourth-order valence-corrected chi connectivity index (χ4v) is 2.25. The molecule has 1 N–H and O–H groups in total. The zero-order valence-corrected chi connectivity index (χ0v) is 10.7. The normalized spacial score (nSPS) is 14.4. The maximum atomic E-state index is 13.9. The summed E-state index contributed by atoms with van der Waals surface area (Å²) in [5.74, 6) is -1.32. The first-order valence-corrected chi connectivity index (χ1v) is 6.07. The molecule has 0 radical (unpaired) electrons. The van der Waals surface area contributed by atoms with E-state index in [0.29, 0.717) is 11.4 Å². The number of rotatable bonds is 2. The first kappa shape index (κ1) is 12.3. The highest BCUT2D eigenvalue weighted by Crippen LogP contribution is 2.25. The number of benzene rings is 1. The SMILES string of the molecule is Cc1cc(C2=CC(=O)NC2=O)n(-c2ccccc2F)c1. The summed E-state index contributed by atoms with van der Waals surface area (Å²) in [4.78, 5) is 23.0. The molecule has 5 heteroatoms. The number of hydrogen-bond donors (Lipinski definition) is 1. The van der Waals surface area contributed by atoms with Gasteiger partial charge in [-0.3, -0.25) is 14.9 Å². The van der Waals surface area contributed by atoms with E-state index in [9.17, 15) is 14.0 Å². The zero-order chi connectivity index (χ0) is 14.3. The molecule has 100 valence electrons. The van der Waals surface area contributed by atoms with Crippen LogP contribution in [0.4, 0.5) is 4.39 Å². The summed E-state index contributed by atoms with van der Waals surface area (Å²) in [7, 11) is 0. The van der Waals surface area contributed by atoms with Gasteiger partial charge in [0.2, 0.25) is 0 Å². The van der Waals surface area contributed by atoms with E-state index in [1.807, 2.05) is 6.92 Å². The Kier molecular flexibility index (Phi) is 2.75. The predicted molar refractivity (Wildman–Crippen MR) is 71.6 cm³/mol. The second kappa shape index (κ2) is 4.45. The number of imide groups is 1. The lowest BCUT2D eigenvalue weighted by Gasteiger charge is -2.09. The average Bonchev–Trinajstić information content (AvgIpc) is 2.92. The highest BCUT2D eigenvalue weighted by Gasteiger charge is 2.25. The van der Waals surface area contributed by atoms with Gasteiger partial charge in [-0.25, -0.2) is 4.39 Å². The third-order valence-corrected chi connectivity index (χ3v) is 3.10. The molecule has 4 nitrogen and oxygen atoms in total. The van der Waals surface area contributed by atoms with Crippen LogP contribution < -0.4 is 5.32 Å². The lowest BCUT2D eigenvalue weighted by atomic mass is 10.1. The number of carbonyl (C=O) groups excluding carboxylic acids is 2. The molecule has 0 saturated heterocycles. The molecule has 20 heavy (non-hydrogen) atoms. The highest BCUT2D eigenvalue weighted by atomic mass is 19.1. The fourth-order valence-electron chi connectivity index (χ4n) is 2.25. The van der Waals surface area contributed by atoms with Gasteiger partial charge in [-0.05, 0) is 30.7 Å². The van der Waals surface area contributed by atoms with Gasteiger partial charge in [0.15, 0.2) is 0 Å². The molecule has 0 aliphatic carbocycles. The van der Waals surface area contributed by atoms with Crippen LogP contribution in [0, 0.1) is 12.7 Å². The van der Waals surface area contributed by atoms with Crippen molar-refractivity contribution in [1.29, 1.82) is 0 Å². The third-order valence-electron chi connectivity index (χ3n) is 3.10. The van der Waals surface area contributed by atoms with Crippen molar-refractivity contribution in [2.75, 3.05) is 0 Å². The second-order valence-corrected chi connectivity index (χ2v) is 4.60. The molecular weight excluding hydrogens is 259 g/mol. The Labute approximate surface area is 114 Å². The minimum Gasteiger partial charge on any atom is -0.313 e. The van der Waals surface area contributed by atoms with Crippen molar-refractivity contribution in [2.24, 2.45) is 0 Å². The smallest absolute Gasteiger partial charge is 0.260 e. The van der Waals surface area contributed by atoms with Crippen LogP contribution in [0.2, 0.25) is 0 Å². The molecule has 0 atom stereocenters. The number of aryl methyl sites for hydroxylation is 1. The number of hydrogen-bond acceptors (Lipinski definition) is 2. The Morgan fingerprint density at radius 2 is 1.95 bits per heavy atom. The summed E-state index contributed by atoms with van der Waals surface area (Å²) in [5, 5.41) is 2.19. The van der Waals surface area contributed by atoms with E-state index in [1.54, 1.807) is 35.0 Å². The zero-order valence-electron chi connectivity index (χ0n) is 10.7. The molecule has 2 amide bonds. The van der Waals surface area contributed by atoms with Crippen LogP contribution in [0.3, 0.4) is 0 Å². The number of carbonyl (C=O) groups is 2. The second-order valence-electron chi connectivity index (χ2n) is 4.60. The molecule has 2 aromatic rings. The van der Waals surface area contributed by atoms with Crippen LogP contribution >= 0.6 is 0 Å². The summed E-state index contributed by atoms with van der Waals surface area (Å²) in [5.41, 5.74) is 1.95. The van der Waals surface area contributed by atoms with Crippen molar-refractivity contribution in [3.63, 3.8) is 0 Å². The standard InChI is InChI=1S/C15H11FN2O2/c1-9-6-13(10-7-14(19)17-15(10)20)18(8-9)12-5-3-2-4-11(12)16/h2-8H,1H3,(H,17,19,20). The Morgan fingerprint density at radius 3 is 2.60 bits per heavy atom. The number of aromatic nitrogens is 1. The molecule has 0 saturated carbocycles. The summed E-state index contributed by atoms with van der Waals surface area (Å²) < 4.78 is 15.5. The van der Waals surface area contributed by atoms with Crippen LogP contribution in [0.5, 0.6) is 0 Å². The van der Waals surface area contributed by atoms with Gasteiger partial charge < -0.3 is 4.57 Å². The van der Waals surface area contributed by atoms with Gasteiger partial charge in [0, 0.05) is 12.3 Å². The van der Waals surface area contributed by atoms with E-state index in [0.717, 1.165) is 5.56 Å². The summed E-state index contributed by atoms with van der Waals surface area (Å²) in [6, 6.07) is 8.03. The maximum absolute atomic E-state index is 13.9. The maximum Gasteiger partial charge on any atom is 0.260 e. The van der Waals surface area contributed by atoms with Crippen molar-refractivity contribution in [2.45, 2.75) is 6.92 Å². The van der Waals surface area contributed by atoms with E-state index in [-0.39, 0.29) is 5.57 Å². The topological polar surface area (TPSA) is 51.1 Å². The lowest BCUT2D eigenvalue weighted by Crippen LogP contribution is -2.22. The van der Waals surface area contributed by atoms with Crippen LogP contribution in [-0.2, 0) is 9.59 Å². The van der Waals surface area contributed by atoms with Crippen LogP contribution in [-0.4, -0.2) is 16.4 Å². The van der Waals surface area contributed by atoms with E-state index < -0.39 is 17.6 Å². The molecular formula is C15H11FN2O2. The average molecular weight is 270 g/mol. The molecule has 1 aromatic heterocycles. The Hall–Kier alpha value is -2.69. The number of halogens is 1. The summed E-state index contributed by atoms with van der Waals surface area (Å²) in [6.07, 6.45) is 2.96. The first-order chi connectivity index (χ1) is 9.56. The monoisotopic (exact) mass is 270 g/mol. The number of nitrogens with one attached hydrogen (secondary N) is 1. The number of amides is 2. The molecule has 0 unspecified atom stereocenters. The minimum atomic E-state index is -0.467. The van der Waals surface area contributed by atoms with Gasteiger partial charge in [0.1, 0.15) is 5.82 Å². The molecule has 3 rings (SSSR count). The lowest BCUT2D eigenvalue weighted by molar-refractivity contribution is -0.123. The first-order valence-electron chi connectivity index (χ1n) is 6.07.